The Bertz CT molecular complexity index is 646. The number of nitrogens with zero attached hydrogens (tertiary/aromatic N) is 2. The van der Waals surface area contributed by atoms with Crippen LogP contribution in [0.3, 0.4) is 0 Å². The molecule has 2 aliphatic rings. The van der Waals surface area contributed by atoms with E-state index < -0.39 is 11.7 Å². The van der Waals surface area contributed by atoms with Gasteiger partial charge in [0.1, 0.15) is 0 Å². The average Bonchev–Trinajstić information content (AvgIpc) is 3.13. The largest absolute Gasteiger partial charge is 0.416 e. The molecule has 1 atom stereocenters. The Kier molecular flexibility index (Phi) is 5.98. The van der Waals surface area contributed by atoms with E-state index in [0.29, 0.717) is 24.8 Å². The quantitative estimate of drug-likeness (QED) is 0.766. The maximum atomic E-state index is 12.7. The second-order valence-electron chi connectivity index (χ2n) is 6.72. The van der Waals surface area contributed by atoms with E-state index in [1.165, 1.54) is 18.2 Å². The van der Waals surface area contributed by atoms with Crippen molar-refractivity contribution in [3.63, 3.8) is 0 Å². The van der Waals surface area contributed by atoms with Crippen LogP contribution in [0, 0.1) is 0 Å². The van der Waals surface area contributed by atoms with Crippen molar-refractivity contribution in [3.05, 3.63) is 41.5 Å². The normalized spacial score (nSPS) is 22.3. The third kappa shape index (κ3) is 5.08. The second-order valence-corrected chi connectivity index (χ2v) is 6.72. The highest BCUT2D eigenvalue weighted by Gasteiger charge is 2.30. The number of ether oxygens (including phenoxy) is 1. The van der Waals surface area contributed by atoms with Crippen molar-refractivity contribution in [1.29, 1.82) is 0 Å². The lowest BCUT2D eigenvalue weighted by Crippen LogP contribution is -2.50. The van der Waals surface area contributed by atoms with E-state index in [-0.39, 0.29) is 5.91 Å². The molecule has 0 radical (unpaired) electrons. The predicted octanol–water partition coefficient (Wildman–Crippen LogP) is 3.04. The maximum absolute atomic E-state index is 12.7. The van der Waals surface area contributed by atoms with Gasteiger partial charge >= 0.3 is 6.18 Å². The Hall–Kier alpha value is -1.86. The molecule has 0 N–H and O–H groups in total. The molecule has 1 aromatic rings. The topological polar surface area (TPSA) is 32.8 Å². The molecule has 0 aliphatic carbocycles. The van der Waals surface area contributed by atoms with E-state index in [0.717, 1.165) is 51.2 Å². The molecule has 26 heavy (non-hydrogen) atoms. The predicted molar refractivity (Wildman–Crippen MR) is 92.5 cm³/mol. The maximum Gasteiger partial charge on any atom is 0.416 e. The monoisotopic (exact) mass is 368 g/mol. The summed E-state index contributed by atoms with van der Waals surface area (Å²) in [6.45, 7) is 4.58. The second kappa shape index (κ2) is 8.22. The van der Waals surface area contributed by atoms with Gasteiger partial charge in [-0.25, -0.2) is 0 Å². The SMILES string of the molecule is O=C(/C=C/c1cccc(C(F)(F)F)c1)N1CCN(C[C@H]2CCCO2)CC1. The minimum atomic E-state index is -4.38. The third-order valence-corrected chi connectivity index (χ3v) is 4.80. The number of hydrogen-bond donors (Lipinski definition) is 0. The summed E-state index contributed by atoms with van der Waals surface area (Å²) in [7, 11) is 0. The van der Waals surface area contributed by atoms with E-state index >= 15 is 0 Å². The van der Waals surface area contributed by atoms with Gasteiger partial charge in [-0.2, -0.15) is 13.2 Å². The molecule has 2 aliphatic heterocycles. The molecule has 0 spiro atoms. The van der Waals surface area contributed by atoms with Crippen LogP contribution >= 0.6 is 0 Å². The van der Waals surface area contributed by atoms with Crippen LogP contribution in [0.1, 0.15) is 24.0 Å². The van der Waals surface area contributed by atoms with Crippen molar-refractivity contribution in [1.82, 2.24) is 9.80 Å². The lowest BCUT2D eigenvalue weighted by molar-refractivity contribution is -0.137. The fourth-order valence-electron chi connectivity index (χ4n) is 3.32. The van der Waals surface area contributed by atoms with Crippen LogP contribution in [0.25, 0.3) is 6.08 Å². The fraction of sp³-hybridized carbons (Fsp3) is 0.526. The van der Waals surface area contributed by atoms with E-state index in [1.807, 2.05) is 0 Å². The van der Waals surface area contributed by atoms with Gasteiger partial charge in [-0.3, -0.25) is 9.69 Å². The van der Waals surface area contributed by atoms with E-state index in [1.54, 1.807) is 11.0 Å². The number of rotatable bonds is 4. The summed E-state index contributed by atoms with van der Waals surface area (Å²) >= 11 is 0. The molecule has 1 amide bonds. The number of halogens is 3. The Labute approximate surface area is 151 Å². The molecule has 2 heterocycles. The van der Waals surface area contributed by atoms with Gasteiger partial charge in [0.2, 0.25) is 5.91 Å². The standard InChI is InChI=1S/C19H23F3N2O2/c20-19(21,22)16-4-1-3-15(13-16)6-7-18(25)24-10-8-23(9-11-24)14-17-5-2-12-26-17/h1,3-4,6-7,13,17H,2,5,8-12,14H2/b7-6+/t17-/m1/s1. The van der Waals surface area contributed by atoms with E-state index in [9.17, 15) is 18.0 Å². The van der Waals surface area contributed by atoms with Crippen molar-refractivity contribution in [2.24, 2.45) is 0 Å². The van der Waals surface area contributed by atoms with Crippen LogP contribution in [-0.4, -0.2) is 61.1 Å². The van der Waals surface area contributed by atoms with Gasteiger partial charge in [0.05, 0.1) is 11.7 Å². The van der Waals surface area contributed by atoms with E-state index in [2.05, 4.69) is 4.90 Å². The van der Waals surface area contributed by atoms with Crippen LogP contribution in [0.2, 0.25) is 0 Å². The van der Waals surface area contributed by atoms with E-state index in [4.69, 9.17) is 4.74 Å². The molecule has 0 aromatic heterocycles. The molecule has 4 nitrogen and oxygen atoms in total. The lowest BCUT2D eigenvalue weighted by atomic mass is 10.1. The van der Waals surface area contributed by atoms with Crippen molar-refractivity contribution < 1.29 is 22.7 Å². The highest BCUT2D eigenvalue weighted by Crippen LogP contribution is 2.29. The van der Waals surface area contributed by atoms with Crippen LogP contribution in [0.4, 0.5) is 13.2 Å². The summed E-state index contributed by atoms with van der Waals surface area (Å²) in [5.41, 5.74) is -0.347. The first-order valence-electron chi connectivity index (χ1n) is 8.90. The Balaban J connectivity index is 1.50. The lowest BCUT2D eigenvalue weighted by Gasteiger charge is -2.35. The molecule has 2 saturated heterocycles. The van der Waals surface area contributed by atoms with Crippen LogP contribution < -0.4 is 0 Å². The molecule has 7 heteroatoms. The van der Waals surface area contributed by atoms with Crippen molar-refractivity contribution in [3.8, 4) is 0 Å². The number of carbonyl (C=O) groups is 1. The number of benzene rings is 1. The number of alkyl halides is 3. The Morgan fingerprint density at radius 3 is 2.65 bits per heavy atom. The first-order valence-corrected chi connectivity index (χ1v) is 8.90. The number of amides is 1. The smallest absolute Gasteiger partial charge is 0.377 e. The summed E-state index contributed by atoms with van der Waals surface area (Å²) in [6, 6.07) is 4.96. The number of hydrogen-bond acceptors (Lipinski definition) is 3. The van der Waals surface area contributed by atoms with Gasteiger partial charge in [0.25, 0.3) is 0 Å². The Morgan fingerprint density at radius 2 is 2.00 bits per heavy atom. The summed E-state index contributed by atoms with van der Waals surface area (Å²) in [5.74, 6) is -0.167. The highest BCUT2D eigenvalue weighted by atomic mass is 19.4. The van der Waals surface area contributed by atoms with Crippen LogP contribution in [0.5, 0.6) is 0 Å². The summed E-state index contributed by atoms with van der Waals surface area (Å²) < 4.78 is 43.8. The minimum absolute atomic E-state index is 0.167. The molecule has 0 saturated carbocycles. The van der Waals surface area contributed by atoms with Gasteiger partial charge in [-0.05, 0) is 36.6 Å². The zero-order chi connectivity index (χ0) is 18.6. The van der Waals surface area contributed by atoms with Crippen molar-refractivity contribution in [2.75, 3.05) is 39.3 Å². The first-order chi connectivity index (χ1) is 12.4. The summed E-state index contributed by atoms with van der Waals surface area (Å²) in [6.07, 6.45) is 0.926. The zero-order valence-electron chi connectivity index (χ0n) is 14.5. The van der Waals surface area contributed by atoms with Gasteiger partial charge in [-0.1, -0.05) is 12.1 Å². The Morgan fingerprint density at radius 1 is 1.23 bits per heavy atom. The van der Waals surface area contributed by atoms with Crippen molar-refractivity contribution in [2.45, 2.75) is 25.1 Å². The molecular weight excluding hydrogens is 345 g/mol. The average molecular weight is 368 g/mol. The molecular formula is C19H23F3N2O2. The number of piperazine rings is 1. The third-order valence-electron chi connectivity index (χ3n) is 4.80. The van der Waals surface area contributed by atoms with Crippen LogP contribution in [0.15, 0.2) is 30.3 Å². The summed E-state index contributed by atoms with van der Waals surface area (Å²) in [5, 5.41) is 0. The van der Waals surface area contributed by atoms with Gasteiger partial charge in [0, 0.05) is 45.4 Å². The zero-order valence-corrected chi connectivity index (χ0v) is 14.5. The molecule has 0 bridgehead atoms. The van der Waals surface area contributed by atoms with Gasteiger partial charge in [0.15, 0.2) is 0 Å². The van der Waals surface area contributed by atoms with Crippen LogP contribution in [-0.2, 0) is 15.7 Å². The minimum Gasteiger partial charge on any atom is -0.377 e. The molecule has 2 fully saturated rings. The van der Waals surface area contributed by atoms with Gasteiger partial charge < -0.3 is 9.64 Å². The molecule has 0 unspecified atom stereocenters. The summed E-state index contributed by atoms with van der Waals surface area (Å²) in [4.78, 5) is 16.3. The molecule has 142 valence electrons. The fourth-order valence-corrected chi connectivity index (χ4v) is 3.32. The van der Waals surface area contributed by atoms with Crippen molar-refractivity contribution >= 4 is 12.0 Å². The first kappa shape index (κ1) is 18.9. The highest BCUT2D eigenvalue weighted by molar-refractivity contribution is 5.91. The number of carbonyl (C=O) groups excluding carboxylic acids is 1. The van der Waals surface area contributed by atoms with Gasteiger partial charge in [-0.15, -0.1) is 0 Å². The molecule has 1 aromatic carbocycles. The molecule has 3 rings (SSSR count).